The molecule has 0 amide bonds. The number of hydrogen-bond acceptors (Lipinski definition) is 1. The van der Waals surface area contributed by atoms with E-state index in [1.807, 2.05) is 6.07 Å². The molecule has 1 nitrogen and oxygen atoms in total. The molecule has 1 N–H and O–H groups in total. The molecular weight excluding hydrogens is 329 g/mol. The van der Waals surface area contributed by atoms with Crippen molar-refractivity contribution in [3.8, 4) is 0 Å². The summed E-state index contributed by atoms with van der Waals surface area (Å²) in [5.74, 6) is -0.145. The first-order valence-corrected chi connectivity index (χ1v) is 8.13. The Morgan fingerprint density at radius 2 is 1.86 bits per heavy atom. The lowest BCUT2D eigenvalue weighted by Crippen LogP contribution is -2.24. The van der Waals surface area contributed by atoms with Crippen LogP contribution in [0, 0.1) is 12.7 Å². The Morgan fingerprint density at radius 3 is 2.52 bits per heavy atom. The lowest BCUT2D eigenvalue weighted by molar-refractivity contribution is 0.513. The highest BCUT2D eigenvalue weighted by Crippen LogP contribution is 2.23. The largest absolute Gasteiger partial charge is 0.310 e. The molecule has 21 heavy (non-hydrogen) atoms. The third-order valence-electron chi connectivity index (χ3n) is 3.55. The summed E-state index contributed by atoms with van der Waals surface area (Å²) in [5.41, 5.74) is 3.17. The van der Waals surface area contributed by atoms with E-state index in [-0.39, 0.29) is 11.9 Å². The van der Waals surface area contributed by atoms with Gasteiger partial charge in [0.15, 0.2) is 0 Å². The normalized spacial score (nSPS) is 12.4. The van der Waals surface area contributed by atoms with Crippen LogP contribution in [0.25, 0.3) is 0 Å². The molecule has 0 aliphatic rings. The molecule has 0 radical (unpaired) electrons. The maximum atomic E-state index is 14.0. The number of nitrogens with one attached hydrogen (secondary N) is 1. The van der Waals surface area contributed by atoms with Crippen LogP contribution in [0.5, 0.6) is 0 Å². The van der Waals surface area contributed by atoms with Gasteiger partial charge in [0, 0.05) is 10.5 Å². The van der Waals surface area contributed by atoms with Gasteiger partial charge >= 0.3 is 0 Å². The van der Waals surface area contributed by atoms with Crippen molar-refractivity contribution in [2.45, 2.75) is 32.7 Å². The van der Waals surface area contributed by atoms with Crippen LogP contribution in [0.1, 0.15) is 36.1 Å². The van der Waals surface area contributed by atoms with Gasteiger partial charge in [-0.25, -0.2) is 4.39 Å². The maximum Gasteiger partial charge on any atom is 0.126 e. The van der Waals surface area contributed by atoms with Gasteiger partial charge in [0.25, 0.3) is 0 Å². The molecule has 0 heterocycles. The van der Waals surface area contributed by atoms with Gasteiger partial charge in [0.1, 0.15) is 5.82 Å². The van der Waals surface area contributed by atoms with Gasteiger partial charge in [-0.1, -0.05) is 52.7 Å². The zero-order chi connectivity index (χ0) is 15.2. The lowest BCUT2D eigenvalue weighted by atomic mass is 9.97. The van der Waals surface area contributed by atoms with E-state index in [1.165, 1.54) is 17.2 Å². The Balaban J connectivity index is 2.23. The third kappa shape index (κ3) is 4.65. The van der Waals surface area contributed by atoms with Crippen LogP contribution in [0.4, 0.5) is 4.39 Å². The molecule has 0 fully saturated rings. The number of aryl methyl sites for hydroxylation is 1. The highest BCUT2D eigenvalue weighted by molar-refractivity contribution is 9.10. The minimum atomic E-state index is -0.145. The Kier molecular flexibility index (Phi) is 5.95. The summed E-state index contributed by atoms with van der Waals surface area (Å²) in [6.07, 6.45) is 1.71. The van der Waals surface area contributed by atoms with Gasteiger partial charge in [-0.3, -0.25) is 0 Å². The summed E-state index contributed by atoms with van der Waals surface area (Å²) >= 11 is 3.42. The number of rotatable bonds is 6. The highest BCUT2D eigenvalue weighted by atomic mass is 79.9. The minimum Gasteiger partial charge on any atom is -0.310 e. The molecule has 2 aromatic carbocycles. The number of hydrogen-bond donors (Lipinski definition) is 1. The molecule has 0 saturated heterocycles. The Labute approximate surface area is 134 Å². The van der Waals surface area contributed by atoms with Gasteiger partial charge in [0.2, 0.25) is 0 Å². The first-order chi connectivity index (χ1) is 10.1. The standard InChI is InChI=1S/C18H21BrFN/c1-3-10-21-18(14-6-4-13(2)5-7-14)12-15-11-16(19)8-9-17(15)20/h4-9,11,18,21H,3,10,12H2,1-2H3. The molecule has 0 saturated carbocycles. The average Bonchev–Trinajstić information content (AvgIpc) is 2.48. The first-order valence-electron chi connectivity index (χ1n) is 7.34. The number of halogens is 2. The van der Waals surface area contributed by atoms with E-state index in [0.29, 0.717) is 6.42 Å². The van der Waals surface area contributed by atoms with Gasteiger partial charge < -0.3 is 5.32 Å². The van der Waals surface area contributed by atoms with Crippen molar-refractivity contribution in [1.82, 2.24) is 5.32 Å². The molecule has 2 aromatic rings. The van der Waals surface area contributed by atoms with E-state index in [9.17, 15) is 4.39 Å². The van der Waals surface area contributed by atoms with Crippen LogP contribution in [0.15, 0.2) is 46.9 Å². The lowest BCUT2D eigenvalue weighted by Gasteiger charge is -2.20. The summed E-state index contributed by atoms with van der Waals surface area (Å²) in [6, 6.07) is 13.7. The second kappa shape index (κ2) is 7.71. The molecule has 112 valence electrons. The zero-order valence-electron chi connectivity index (χ0n) is 12.5. The van der Waals surface area contributed by atoms with E-state index in [1.54, 1.807) is 6.07 Å². The molecule has 3 heteroatoms. The second-order valence-corrected chi connectivity index (χ2v) is 6.27. The van der Waals surface area contributed by atoms with Crippen molar-refractivity contribution < 1.29 is 4.39 Å². The average molecular weight is 350 g/mol. The molecule has 1 atom stereocenters. The molecule has 0 bridgehead atoms. The fraction of sp³-hybridized carbons (Fsp3) is 0.333. The van der Waals surface area contributed by atoms with Gasteiger partial charge in [-0.05, 0) is 55.6 Å². The molecule has 0 spiro atoms. The molecule has 0 aliphatic carbocycles. The van der Waals surface area contributed by atoms with Gasteiger partial charge in [-0.2, -0.15) is 0 Å². The van der Waals surface area contributed by atoms with Gasteiger partial charge in [0.05, 0.1) is 0 Å². The Bertz CT molecular complexity index is 580. The van der Waals surface area contributed by atoms with Crippen LogP contribution >= 0.6 is 15.9 Å². The van der Waals surface area contributed by atoms with Crippen LogP contribution < -0.4 is 5.32 Å². The fourth-order valence-electron chi connectivity index (χ4n) is 2.34. The third-order valence-corrected chi connectivity index (χ3v) is 4.05. The maximum absolute atomic E-state index is 14.0. The van der Waals surface area contributed by atoms with Crippen molar-refractivity contribution in [3.05, 3.63) is 69.4 Å². The van der Waals surface area contributed by atoms with Crippen LogP contribution in [0.3, 0.4) is 0 Å². The van der Waals surface area contributed by atoms with E-state index in [2.05, 4.69) is 59.4 Å². The van der Waals surface area contributed by atoms with Crippen molar-refractivity contribution in [2.75, 3.05) is 6.54 Å². The van der Waals surface area contributed by atoms with Crippen molar-refractivity contribution >= 4 is 15.9 Å². The minimum absolute atomic E-state index is 0.134. The fourth-order valence-corrected chi connectivity index (χ4v) is 2.75. The van der Waals surface area contributed by atoms with Gasteiger partial charge in [-0.15, -0.1) is 0 Å². The quantitative estimate of drug-likeness (QED) is 0.757. The second-order valence-electron chi connectivity index (χ2n) is 5.36. The van der Waals surface area contributed by atoms with Crippen molar-refractivity contribution in [1.29, 1.82) is 0 Å². The first kappa shape index (κ1) is 16.2. The van der Waals surface area contributed by atoms with E-state index < -0.39 is 0 Å². The summed E-state index contributed by atoms with van der Waals surface area (Å²) in [6.45, 7) is 5.14. The smallest absolute Gasteiger partial charge is 0.126 e. The Morgan fingerprint density at radius 1 is 1.14 bits per heavy atom. The molecule has 0 aromatic heterocycles. The highest BCUT2D eigenvalue weighted by Gasteiger charge is 2.14. The summed E-state index contributed by atoms with van der Waals surface area (Å²) in [5, 5.41) is 3.52. The van der Waals surface area contributed by atoms with E-state index >= 15 is 0 Å². The predicted molar refractivity (Wildman–Crippen MR) is 90.0 cm³/mol. The summed E-state index contributed by atoms with van der Waals surface area (Å²) in [7, 11) is 0. The summed E-state index contributed by atoms with van der Waals surface area (Å²) < 4.78 is 14.9. The molecule has 1 unspecified atom stereocenters. The number of benzene rings is 2. The van der Waals surface area contributed by atoms with Crippen LogP contribution in [-0.2, 0) is 6.42 Å². The Hall–Kier alpha value is -1.19. The van der Waals surface area contributed by atoms with E-state index in [4.69, 9.17) is 0 Å². The molecule has 0 aliphatic heterocycles. The SMILES string of the molecule is CCCNC(Cc1cc(Br)ccc1F)c1ccc(C)cc1. The van der Waals surface area contributed by atoms with Crippen molar-refractivity contribution in [2.24, 2.45) is 0 Å². The van der Waals surface area contributed by atoms with E-state index in [0.717, 1.165) is 23.0 Å². The molecule has 2 rings (SSSR count). The van der Waals surface area contributed by atoms with Crippen LogP contribution in [-0.4, -0.2) is 6.54 Å². The summed E-state index contributed by atoms with van der Waals surface area (Å²) in [4.78, 5) is 0. The monoisotopic (exact) mass is 349 g/mol. The topological polar surface area (TPSA) is 12.0 Å². The van der Waals surface area contributed by atoms with Crippen LogP contribution in [0.2, 0.25) is 0 Å². The predicted octanol–water partition coefficient (Wildman–Crippen LogP) is 5.18. The zero-order valence-corrected chi connectivity index (χ0v) is 14.1. The van der Waals surface area contributed by atoms with Crippen molar-refractivity contribution in [3.63, 3.8) is 0 Å². The molecular formula is C18H21BrFN.